The van der Waals surface area contributed by atoms with Crippen LogP contribution in [0.5, 0.6) is 5.75 Å². The number of hydrogen-bond acceptors (Lipinski definition) is 3. The van der Waals surface area contributed by atoms with Gasteiger partial charge in [0.05, 0.1) is 5.41 Å². The van der Waals surface area contributed by atoms with Gasteiger partial charge in [0, 0.05) is 18.3 Å². The van der Waals surface area contributed by atoms with Gasteiger partial charge in [-0.05, 0) is 37.3 Å². The third kappa shape index (κ3) is 2.59. The van der Waals surface area contributed by atoms with Crippen LogP contribution < -0.4 is 15.0 Å². The Balaban J connectivity index is 1.44. The Morgan fingerprint density at radius 3 is 2.67 bits per heavy atom. The maximum atomic E-state index is 12.4. The van der Waals surface area contributed by atoms with E-state index in [0.29, 0.717) is 24.6 Å². The lowest BCUT2D eigenvalue weighted by molar-refractivity contribution is -0.274. The fourth-order valence-electron chi connectivity index (χ4n) is 3.29. The van der Waals surface area contributed by atoms with Crippen molar-refractivity contribution >= 4 is 17.5 Å². The molecule has 0 spiro atoms. The molecule has 128 valence electrons. The van der Waals surface area contributed by atoms with Crippen molar-refractivity contribution in [3.8, 4) is 5.75 Å². The monoisotopic (exact) mass is 340 g/mol. The van der Waals surface area contributed by atoms with E-state index >= 15 is 0 Å². The molecule has 0 radical (unpaired) electrons. The topological polar surface area (TPSA) is 58.6 Å². The highest BCUT2D eigenvalue weighted by molar-refractivity contribution is 6.02. The lowest BCUT2D eigenvalue weighted by Gasteiger charge is -2.19. The van der Waals surface area contributed by atoms with Crippen molar-refractivity contribution in [2.24, 2.45) is 11.3 Å². The first-order valence-corrected chi connectivity index (χ1v) is 7.77. The van der Waals surface area contributed by atoms with E-state index in [2.05, 4.69) is 10.1 Å². The number of anilines is 1. The standard InChI is InChI=1S/C16H15F3N2O3/c17-16(18,19)24-11-3-1-2-10(6-11)21-5-4-12(13(21)22)20-14(23)15-7-9(15)8-15/h1-3,6,9,12H,4-5,7-8H2,(H,20,23). The Bertz CT molecular complexity index is 713. The molecule has 8 heteroatoms. The minimum Gasteiger partial charge on any atom is -0.406 e. The number of halogens is 3. The second kappa shape index (κ2) is 4.87. The van der Waals surface area contributed by atoms with Crippen molar-refractivity contribution in [1.82, 2.24) is 5.32 Å². The van der Waals surface area contributed by atoms with E-state index in [1.54, 1.807) is 6.07 Å². The van der Waals surface area contributed by atoms with E-state index in [1.165, 1.54) is 23.1 Å². The van der Waals surface area contributed by atoms with Crippen molar-refractivity contribution in [3.63, 3.8) is 0 Å². The summed E-state index contributed by atoms with van der Waals surface area (Å²) in [7, 11) is 0. The van der Waals surface area contributed by atoms with Crippen LogP contribution in [0.25, 0.3) is 0 Å². The Kier molecular flexibility index (Phi) is 3.10. The first kappa shape index (κ1) is 15.3. The van der Waals surface area contributed by atoms with Crippen LogP contribution in [0.3, 0.4) is 0 Å². The molecule has 1 aromatic rings. The fourth-order valence-corrected chi connectivity index (χ4v) is 3.29. The number of nitrogens with zero attached hydrogens (tertiary/aromatic N) is 1. The number of carbonyl (C=O) groups is 2. The van der Waals surface area contributed by atoms with Crippen molar-refractivity contribution in [2.45, 2.75) is 31.7 Å². The lowest BCUT2D eigenvalue weighted by Crippen LogP contribution is -2.43. The molecule has 1 unspecified atom stereocenters. The number of fused-ring (bicyclic) bond motifs is 1. The molecule has 1 saturated heterocycles. The predicted molar refractivity (Wildman–Crippen MR) is 77.2 cm³/mol. The summed E-state index contributed by atoms with van der Waals surface area (Å²) < 4.78 is 40.8. The van der Waals surface area contributed by atoms with Crippen molar-refractivity contribution < 1.29 is 27.5 Å². The second-order valence-electron chi connectivity index (χ2n) is 6.61. The Labute approximate surface area is 135 Å². The quantitative estimate of drug-likeness (QED) is 0.914. The lowest BCUT2D eigenvalue weighted by atomic mass is 10.1. The minimum atomic E-state index is -4.78. The SMILES string of the molecule is O=C1C(NC(=O)C23CC2C3)CCN1c1cccc(OC(F)(F)F)c1. The number of alkyl halides is 3. The van der Waals surface area contributed by atoms with Crippen molar-refractivity contribution in [3.05, 3.63) is 24.3 Å². The van der Waals surface area contributed by atoms with E-state index in [4.69, 9.17) is 0 Å². The normalized spacial score (nSPS) is 30.8. The minimum absolute atomic E-state index is 0.0677. The van der Waals surface area contributed by atoms with E-state index < -0.39 is 12.4 Å². The summed E-state index contributed by atoms with van der Waals surface area (Å²) in [6, 6.07) is 4.68. The molecule has 1 aromatic carbocycles. The molecule has 2 aliphatic carbocycles. The highest BCUT2D eigenvalue weighted by Gasteiger charge is 2.74. The average Bonchev–Trinajstić information content (AvgIpc) is 3.31. The summed E-state index contributed by atoms with van der Waals surface area (Å²) in [4.78, 5) is 25.9. The zero-order chi connectivity index (χ0) is 17.1. The Morgan fingerprint density at radius 2 is 2.04 bits per heavy atom. The zero-order valence-electron chi connectivity index (χ0n) is 12.6. The van der Waals surface area contributed by atoms with Gasteiger partial charge in [0.25, 0.3) is 0 Å². The molecule has 1 aliphatic heterocycles. The molecule has 1 heterocycles. The van der Waals surface area contributed by atoms with E-state index in [0.717, 1.165) is 12.8 Å². The van der Waals surface area contributed by atoms with Gasteiger partial charge in [-0.1, -0.05) is 6.07 Å². The van der Waals surface area contributed by atoms with Crippen molar-refractivity contribution in [2.75, 3.05) is 11.4 Å². The number of benzene rings is 1. The molecule has 2 saturated carbocycles. The van der Waals surface area contributed by atoms with Gasteiger partial charge in [-0.2, -0.15) is 0 Å². The maximum absolute atomic E-state index is 12.4. The number of rotatable bonds is 4. The van der Waals surface area contributed by atoms with Crippen LogP contribution in [-0.4, -0.2) is 30.8 Å². The first-order chi connectivity index (χ1) is 11.3. The third-order valence-corrected chi connectivity index (χ3v) is 5.01. The van der Waals surface area contributed by atoms with Gasteiger partial charge in [0.2, 0.25) is 11.8 Å². The molecule has 3 aliphatic rings. The smallest absolute Gasteiger partial charge is 0.406 e. The van der Waals surface area contributed by atoms with Gasteiger partial charge in [0.1, 0.15) is 11.8 Å². The van der Waals surface area contributed by atoms with Crippen LogP contribution in [0.15, 0.2) is 24.3 Å². The van der Waals surface area contributed by atoms with Gasteiger partial charge < -0.3 is 15.0 Å². The molecule has 5 nitrogen and oxygen atoms in total. The van der Waals surface area contributed by atoms with Crippen LogP contribution in [0.4, 0.5) is 18.9 Å². The van der Waals surface area contributed by atoms with Gasteiger partial charge in [0.15, 0.2) is 0 Å². The summed E-state index contributed by atoms with van der Waals surface area (Å²) >= 11 is 0. The highest BCUT2D eigenvalue weighted by Crippen LogP contribution is 2.75. The summed E-state index contributed by atoms with van der Waals surface area (Å²) in [6.45, 7) is 0.343. The predicted octanol–water partition coefficient (Wildman–Crippen LogP) is 2.22. The number of nitrogens with one attached hydrogen (secondary N) is 1. The molecule has 0 aromatic heterocycles. The van der Waals surface area contributed by atoms with Gasteiger partial charge in [-0.15, -0.1) is 13.2 Å². The molecule has 0 bridgehead atoms. The molecular weight excluding hydrogens is 325 g/mol. The highest BCUT2D eigenvalue weighted by atomic mass is 19.4. The molecule has 1 N–H and O–H groups in total. The summed E-state index contributed by atoms with van der Waals surface area (Å²) in [5.74, 6) is -0.261. The van der Waals surface area contributed by atoms with Crippen LogP contribution in [-0.2, 0) is 9.59 Å². The Hall–Kier alpha value is -2.25. The number of amides is 2. The first-order valence-electron chi connectivity index (χ1n) is 7.77. The van der Waals surface area contributed by atoms with E-state index in [-0.39, 0.29) is 23.0 Å². The van der Waals surface area contributed by atoms with Gasteiger partial charge in [-0.3, -0.25) is 9.59 Å². The molecule has 1 atom stereocenters. The van der Waals surface area contributed by atoms with Crippen LogP contribution in [0.1, 0.15) is 19.3 Å². The fraction of sp³-hybridized carbons (Fsp3) is 0.500. The molecule has 3 fully saturated rings. The van der Waals surface area contributed by atoms with Crippen molar-refractivity contribution in [1.29, 1.82) is 0 Å². The van der Waals surface area contributed by atoms with Crippen LogP contribution in [0.2, 0.25) is 0 Å². The number of ether oxygens (including phenoxy) is 1. The molecule has 2 amide bonds. The van der Waals surface area contributed by atoms with Crippen LogP contribution in [0, 0.1) is 11.3 Å². The van der Waals surface area contributed by atoms with E-state index in [9.17, 15) is 22.8 Å². The second-order valence-corrected chi connectivity index (χ2v) is 6.61. The largest absolute Gasteiger partial charge is 0.573 e. The maximum Gasteiger partial charge on any atom is 0.573 e. The third-order valence-electron chi connectivity index (χ3n) is 5.01. The molecule has 4 rings (SSSR count). The van der Waals surface area contributed by atoms with E-state index in [1.807, 2.05) is 0 Å². The Morgan fingerprint density at radius 1 is 1.33 bits per heavy atom. The summed E-state index contributed by atoms with van der Waals surface area (Å²) in [5, 5.41) is 2.78. The average molecular weight is 340 g/mol. The van der Waals surface area contributed by atoms with Gasteiger partial charge in [-0.25, -0.2) is 0 Å². The summed E-state index contributed by atoms with van der Waals surface area (Å²) in [6.07, 6.45) is -2.54. The zero-order valence-corrected chi connectivity index (χ0v) is 12.6. The summed E-state index contributed by atoms with van der Waals surface area (Å²) in [5.41, 5.74) is 0.112. The van der Waals surface area contributed by atoms with Crippen LogP contribution >= 0.6 is 0 Å². The van der Waals surface area contributed by atoms with Gasteiger partial charge >= 0.3 is 6.36 Å². The molecule has 24 heavy (non-hydrogen) atoms. The number of hydrogen-bond donors (Lipinski definition) is 1. The number of carbonyl (C=O) groups excluding carboxylic acids is 2. The molecular formula is C16H15F3N2O3.